The summed E-state index contributed by atoms with van der Waals surface area (Å²) in [6.07, 6.45) is -2.01. The van der Waals surface area contributed by atoms with Gasteiger partial charge in [0.1, 0.15) is 17.3 Å². The highest BCUT2D eigenvalue weighted by atomic mass is 19.4. The van der Waals surface area contributed by atoms with Gasteiger partial charge in [-0.05, 0) is 43.2 Å². The van der Waals surface area contributed by atoms with E-state index < -0.39 is 11.7 Å². The number of rotatable bonds is 6. The molecular formula is C21H24F3N3O3. The lowest BCUT2D eigenvalue weighted by Gasteiger charge is -2.33. The van der Waals surface area contributed by atoms with E-state index in [9.17, 15) is 18.0 Å². The number of anilines is 1. The van der Waals surface area contributed by atoms with Crippen molar-refractivity contribution in [1.82, 2.24) is 10.3 Å². The highest BCUT2D eigenvalue weighted by molar-refractivity contribution is 5.79. The van der Waals surface area contributed by atoms with Crippen LogP contribution in [0.3, 0.4) is 0 Å². The molecule has 1 fully saturated rings. The molecule has 0 bridgehead atoms. The summed E-state index contributed by atoms with van der Waals surface area (Å²) >= 11 is 0. The van der Waals surface area contributed by atoms with Gasteiger partial charge in [-0.1, -0.05) is 0 Å². The van der Waals surface area contributed by atoms with Crippen molar-refractivity contribution in [2.75, 3.05) is 32.2 Å². The molecule has 9 heteroatoms. The minimum Gasteiger partial charge on any atom is -0.497 e. The highest BCUT2D eigenvalue weighted by Crippen LogP contribution is 2.30. The van der Waals surface area contributed by atoms with Crippen LogP contribution in [0.1, 0.15) is 24.0 Å². The summed E-state index contributed by atoms with van der Waals surface area (Å²) in [5.74, 6) is 1.66. The molecular weight excluding hydrogens is 399 g/mol. The molecule has 2 aromatic rings. The van der Waals surface area contributed by atoms with E-state index in [1.165, 1.54) is 6.07 Å². The first-order valence-corrected chi connectivity index (χ1v) is 9.58. The standard InChI is InChI=1S/C21H24F3N3O3/c1-29-17-4-5-18(30-2)14(11-17)12-20(28)26-16-7-9-27(10-8-16)19-6-3-15(13-25-19)21(22,23)24/h3-6,11,13,16H,7-10,12H2,1-2H3,(H,26,28). The SMILES string of the molecule is COc1ccc(OC)c(CC(=O)NC2CCN(c3ccc(C(F)(F)F)cn3)CC2)c1. The van der Waals surface area contributed by atoms with Crippen molar-refractivity contribution in [1.29, 1.82) is 0 Å². The number of nitrogens with zero attached hydrogens (tertiary/aromatic N) is 2. The van der Waals surface area contributed by atoms with Crippen molar-refractivity contribution in [3.8, 4) is 11.5 Å². The van der Waals surface area contributed by atoms with Gasteiger partial charge in [0.2, 0.25) is 5.91 Å². The lowest BCUT2D eigenvalue weighted by Crippen LogP contribution is -2.45. The van der Waals surface area contributed by atoms with Crippen molar-refractivity contribution in [3.63, 3.8) is 0 Å². The summed E-state index contributed by atoms with van der Waals surface area (Å²) in [5, 5.41) is 3.03. The van der Waals surface area contributed by atoms with Gasteiger partial charge in [0.25, 0.3) is 0 Å². The number of methoxy groups -OCH3 is 2. The van der Waals surface area contributed by atoms with E-state index in [4.69, 9.17) is 9.47 Å². The van der Waals surface area contributed by atoms with Crippen molar-refractivity contribution < 1.29 is 27.4 Å². The average molecular weight is 423 g/mol. The number of pyridine rings is 1. The Kier molecular flexibility index (Phi) is 6.69. The second-order valence-corrected chi connectivity index (χ2v) is 7.09. The van der Waals surface area contributed by atoms with Gasteiger partial charge in [-0.25, -0.2) is 4.98 Å². The van der Waals surface area contributed by atoms with Gasteiger partial charge in [-0.2, -0.15) is 13.2 Å². The van der Waals surface area contributed by atoms with E-state index in [-0.39, 0.29) is 18.4 Å². The van der Waals surface area contributed by atoms with E-state index in [1.807, 2.05) is 4.90 Å². The van der Waals surface area contributed by atoms with Gasteiger partial charge in [-0.3, -0.25) is 4.79 Å². The number of halogens is 3. The topological polar surface area (TPSA) is 63.7 Å². The molecule has 6 nitrogen and oxygen atoms in total. The third-order valence-corrected chi connectivity index (χ3v) is 5.10. The van der Waals surface area contributed by atoms with Crippen LogP contribution in [-0.4, -0.2) is 44.2 Å². The Hall–Kier alpha value is -2.97. The molecule has 1 aromatic heterocycles. The van der Waals surface area contributed by atoms with Crippen LogP contribution in [0.2, 0.25) is 0 Å². The minimum absolute atomic E-state index is 0.000184. The van der Waals surface area contributed by atoms with Gasteiger partial charge >= 0.3 is 6.18 Å². The third-order valence-electron chi connectivity index (χ3n) is 5.10. The first-order chi connectivity index (χ1) is 14.3. The number of aromatic nitrogens is 1. The predicted molar refractivity (Wildman–Crippen MR) is 106 cm³/mol. The van der Waals surface area contributed by atoms with Crippen molar-refractivity contribution in [2.24, 2.45) is 0 Å². The zero-order chi connectivity index (χ0) is 21.7. The predicted octanol–water partition coefficient (Wildman–Crippen LogP) is 3.45. The highest BCUT2D eigenvalue weighted by Gasteiger charge is 2.31. The molecule has 1 N–H and O–H groups in total. The zero-order valence-corrected chi connectivity index (χ0v) is 16.8. The first-order valence-electron chi connectivity index (χ1n) is 9.58. The van der Waals surface area contributed by atoms with E-state index in [2.05, 4.69) is 10.3 Å². The molecule has 0 atom stereocenters. The fourth-order valence-electron chi connectivity index (χ4n) is 3.47. The molecule has 0 saturated carbocycles. The maximum atomic E-state index is 12.7. The van der Waals surface area contributed by atoms with Crippen molar-refractivity contribution >= 4 is 11.7 Å². The number of hydrogen-bond donors (Lipinski definition) is 1. The third kappa shape index (κ3) is 5.34. The fourth-order valence-corrected chi connectivity index (χ4v) is 3.47. The van der Waals surface area contributed by atoms with E-state index >= 15 is 0 Å². The molecule has 1 aromatic carbocycles. The number of ether oxygens (including phenoxy) is 2. The number of benzene rings is 1. The first kappa shape index (κ1) is 21.7. The molecule has 162 valence electrons. The molecule has 1 aliphatic rings. The second-order valence-electron chi connectivity index (χ2n) is 7.09. The monoisotopic (exact) mass is 423 g/mol. The molecule has 2 heterocycles. The lowest BCUT2D eigenvalue weighted by atomic mass is 10.0. The van der Waals surface area contributed by atoms with Crippen LogP contribution in [0.4, 0.5) is 19.0 Å². The Morgan fingerprint density at radius 2 is 1.90 bits per heavy atom. The number of carbonyl (C=O) groups is 1. The average Bonchev–Trinajstić information content (AvgIpc) is 2.73. The largest absolute Gasteiger partial charge is 0.497 e. The zero-order valence-electron chi connectivity index (χ0n) is 16.8. The number of piperidine rings is 1. The quantitative estimate of drug-likeness (QED) is 0.771. The van der Waals surface area contributed by atoms with Crippen LogP contribution in [-0.2, 0) is 17.4 Å². The van der Waals surface area contributed by atoms with Gasteiger partial charge in [-0.15, -0.1) is 0 Å². The maximum Gasteiger partial charge on any atom is 0.417 e. The number of nitrogens with one attached hydrogen (secondary N) is 1. The van der Waals surface area contributed by atoms with Crippen LogP contribution < -0.4 is 19.7 Å². The molecule has 1 aliphatic heterocycles. The Bertz CT molecular complexity index is 864. The molecule has 0 unspecified atom stereocenters. The summed E-state index contributed by atoms with van der Waals surface area (Å²) in [7, 11) is 3.11. The van der Waals surface area contributed by atoms with Crippen LogP contribution in [0.15, 0.2) is 36.5 Å². The Morgan fingerprint density at radius 3 is 2.47 bits per heavy atom. The normalized spacial score (nSPS) is 15.0. The number of carbonyl (C=O) groups excluding carboxylic acids is 1. The fraction of sp³-hybridized carbons (Fsp3) is 0.429. The summed E-state index contributed by atoms with van der Waals surface area (Å²) in [6, 6.07) is 7.73. The molecule has 3 rings (SSSR count). The summed E-state index contributed by atoms with van der Waals surface area (Å²) in [4.78, 5) is 18.4. The van der Waals surface area contributed by atoms with E-state index in [1.54, 1.807) is 32.4 Å². The molecule has 0 radical (unpaired) electrons. The summed E-state index contributed by atoms with van der Waals surface area (Å²) < 4.78 is 48.5. The van der Waals surface area contributed by atoms with Gasteiger partial charge < -0.3 is 19.7 Å². The summed E-state index contributed by atoms with van der Waals surface area (Å²) in [5.41, 5.74) is -0.0258. The van der Waals surface area contributed by atoms with Crippen molar-refractivity contribution in [2.45, 2.75) is 31.5 Å². The number of hydrogen-bond acceptors (Lipinski definition) is 5. The summed E-state index contributed by atoms with van der Waals surface area (Å²) in [6.45, 7) is 1.21. The lowest BCUT2D eigenvalue weighted by molar-refractivity contribution is -0.137. The van der Waals surface area contributed by atoms with Crippen LogP contribution >= 0.6 is 0 Å². The van der Waals surface area contributed by atoms with Crippen LogP contribution in [0.25, 0.3) is 0 Å². The van der Waals surface area contributed by atoms with E-state index in [0.717, 1.165) is 17.8 Å². The van der Waals surface area contributed by atoms with Gasteiger partial charge in [0.05, 0.1) is 26.2 Å². The molecule has 1 amide bonds. The Balaban J connectivity index is 1.53. The molecule has 0 spiro atoms. The van der Waals surface area contributed by atoms with Crippen molar-refractivity contribution in [3.05, 3.63) is 47.7 Å². The number of amides is 1. The number of alkyl halides is 3. The second kappa shape index (κ2) is 9.23. The van der Waals surface area contributed by atoms with Gasteiger partial charge in [0.15, 0.2) is 0 Å². The smallest absolute Gasteiger partial charge is 0.417 e. The molecule has 30 heavy (non-hydrogen) atoms. The van der Waals surface area contributed by atoms with Gasteiger partial charge in [0, 0.05) is 30.9 Å². The maximum absolute atomic E-state index is 12.7. The van der Waals surface area contributed by atoms with Crippen LogP contribution in [0.5, 0.6) is 11.5 Å². The van der Waals surface area contributed by atoms with E-state index in [0.29, 0.717) is 43.2 Å². The minimum atomic E-state index is -4.39. The Morgan fingerprint density at radius 1 is 1.17 bits per heavy atom. The van der Waals surface area contributed by atoms with Crippen LogP contribution in [0, 0.1) is 0 Å². The molecule has 0 aliphatic carbocycles. The Labute approximate surface area is 173 Å². The molecule has 1 saturated heterocycles.